The van der Waals surface area contributed by atoms with Gasteiger partial charge in [0, 0.05) is 17.3 Å². The summed E-state index contributed by atoms with van der Waals surface area (Å²) in [5.41, 5.74) is -0.738. The zero-order valence-electron chi connectivity index (χ0n) is 15.1. The van der Waals surface area contributed by atoms with Gasteiger partial charge in [-0.1, -0.05) is 13.8 Å². The molecule has 0 saturated heterocycles. The summed E-state index contributed by atoms with van der Waals surface area (Å²) in [4.78, 5) is 0. The van der Waals surface area contributed by atoms with Gasteiger partial charge in [0.1, 0.15) is 0 Å². The minimum absolute atomic E-state index is 0.0707. The molecule has 128 valence electrons. The molecule has 4 fully saturated rings. The van der Waals surface area contributed by atoms with Crippen LogP contribution in [0.5, 0.6) is 0 Å². The van der Waals surface area contributed by atoms with Crippen molar-refractivity contribution in [3.05, 3.63) is 0 Å². The summed E-state index contributed by atoms with van der Waals surface area (Å²) in [6.07, 6.45) is 4.58. The number of hydrogen-bond acceptors (Lipinski definition) is 3. The second kappa shape index (κ2) is 4.70. The molecule has 4 bridgehead atoms. The van der Waals surface area contributed by atoms with Crippen LogP contribution in [-0.2, 0) is 4.74 Å². The van der Waals surface area contributed by atoms with Crippen LogP contribution in [-0.4, -0.2) is 27.7 Å². The summed E-state index contributed by atoms with van der Waals surface area (Å²) in [6, 6.07) is 0. The van der Waals surface area contributed by atoms with Crippen LogP contribution in [0.4, 0.5) is 0 Å². The van der Waals surface area contributed by atoms with E-state index in [9.17, 15) is 10.2 Å². The molecule has 0 heterocycles. The van der Waals surface area contributed by atoms with Gasteiger partial charge in [-0.25, -0.2) is 0 Å². The minimum Gasteiger partial charge on any atom is -0.390 e. The van der Waals surface area contributed by atoms with E-state index >= 15 is 0 Å². The van der Waals surface area contributed by atoms with Crippen molar-refractivity contribution in [3.63, 3.8) is 0 Å². The van der Waals surface area contributed by atoms with Crippen LogP contribution < -0.4 is 0 Å². The van der Waals surface area contributed by atoms with Crippen LogP contribution >= 0.6 is 0 Å². The highest BCUT2D eigenvalue weighted by molar-refractivity contribution is 5.26. The Kier molecular flexibility index (Phi) is 3.58. The summed E-state index contributed by atoms with van der Waals surface area (Å²) < 4.78 is 6.18. The van der Waals surface area contributed by atoms with Gasteiger partial charge < -0.3 is 14.9 Å². The van der Waals surface area contributed by atoms with Gasteiger partial charge in [-0.15, -0.1) is 0 Å². The lowest BCUT2D eigenvalue weighted by atomic mass is 9.67. The Morgan fingerprint density at radius 3 is 2.05 bits per heavy atom. The van der Waals surface area contributed by atoms with E-state index < -0.39 is 11.9 Å². The van der Waals surface area contributed by atoms with Crippen LogP contribution in [0, 0.1) is 28.6 Å². The van der Waals surface area contributed by atoms with Crippen LogP contribution in [0.1, 0.15) is 73.6 Å². The average Bonchev–Trinajstić information content (AvgIpc) is 2.94. The molecule has 22 heavy (non-hydrogen) atoms. The Morgan fingerprint density at radius 1 is 1.09 bits per heavy atom. The molecular formula is C19H34O3. The first-order chi connectivity index (χ1) is 9.93. The normalized spacial score (nSPS) is 41.9. The van der Waals surface area contributed by atoms with E-state index in [0.717, 1.165) is 19.3 Å². The highest BCUT2D eigenvalue weighted by Gasteiger charge is 2.77. The lowest BCUT2D eigenvalue weighted by molar-refractivity contribution is -0.225. The van der Waals surface area contributed by atoms with E-state index in [2.05, 4.69) is 27.7 Å². The Labute approximate surface area is 135 Å². The third-order valence-corrected chi connectivity index (χ3v) is 7.51. The van der Waals surface area contributed by atoms with E-state index in [1.54, 1.807) is 0 Å². The number of ether oxygens (including phenoxy) is 1. The topological polar surface area (TPSA) is 49.7 Å². The Bertz CT molecular complexity index is 450. The van der Waals surface area contributed by atoms with E-state index in [-0.39, 0.29) is 16.4 Å². The predicted octanol–water partition coefficient (Wildman–Crippen LogP) is 3.72. The summed E-state index contributed by atoms with van der Waals surface area (Å²) in [7, 11) is 0. The molecule has 0 radical (unpaired) electrons. The van der Waals surface area contributed by atoms with Crippen LogP contribution in [0.2, 0.25) is 0 Å². The van der Waals surface area contributed by atoms with Gasteiger partial charge in [0.05, 0.1) is 11.2 Å². The summed E-state index contributed by atoms with van der Waals surface area (Å²) >= 11 is 0. The smallest absolute Gasteiger partial charge is 0.155 e. The third kappa shape index (κ3) is 2.04. The molecule has 0 amide bonds. The summed E-state index contributed by atoms with van der Waals surface area (Å²) in [6.45, 7) is 12.5. The van der Waals surface area contributed by atoms with Gasteiger partial charge in [-0.3, -0.25) is 0 Å². The number of hydrogen-bond donors (Lipinski definition) is 2. The zero-order valence-corrected chi connectivity index (χ0v) is 15.1. The van der Waals surface area contributed by atoms with Crippen molar-refractivity contribution >= 4 is 0 Å². The van der Waals surface area contributed by atoms with E-state index in [4.69, 9.17) is 4.74 Å². The molecule has 4 rings (SSSR count). The first kappa shape index (κ1) is 16.7. The SMILES string of the molecule is CC(C)CC(O)OC(C)(C)C12CC3CC1CC3(C(C)(C)O)C2. The maximum Gasteiger partial charge on any atom is 0.155 e. The first-order valence-electron chi connectivity index (χ1n) is 9.02. The second-order valence-electron chi connectivity index (χ2n) is 9.80. The highest BCUT2D eigenvalue weighted by Crippen LogP contribution is 2.81. The van der Waals surface area contributed by atoms with Gasteiger partial charge >= 0.3 is 0 Å². The maximum atomic E-state index is 10.8. The molecule has 4 aliphatic rings. The number of rotatable bonds is 6. The molecule has 4 aliphatic carbocycles. The fraction of sp³-hybridized carbons (Fsp3) is 1.00. The van der Waals surface area contributed by atoms with Crippen LogP contribution in [0.3, 0.4) is 0 Å². The lowest BCUT2D eigenvalue weighted by Gasteiger charge is -2.46. The van der Waals surface area contributed by atoms with Gasteiger partial charge in [-0.05, 0) is 71.1 Å². The van der Waals surface area contributed by atoms with Crippen molar-refractivity contribution in [3.8, 4) is 0 Å². The van der Waals surface area contributed by atoms with Gasteiger partial charge in [0.15, 0.2) is 6.29 Å². The fourth-order valence-electron chi connectivity index (χ4n) is 6.39. The molecule has 2 N–H and O–H groups in total. The van der Waals surface area contributed by atoms with Crippen molar-refractivity contribution in [1.29, 1.82) is 0 Å². The van der Waals surface area contributed by atoms with Gasteiger partial charge in [0.2, 0.25) is 0 Å². The predicted molar refractivity (Wildman–Crippen MR) is 87.2 cm³/mol. The molecule has 3 nitrogen and oxygen atoms in total. The lowest BCUT2D eigenvalue weighted by Crippen LogP contribution is -2.48. The van der Waals surface area contributed by atoms with Crippen molar-refractivity contribution in [1.82, 2.24) is 0 Å². The Hall–Kier alpha value is -0.120. The molecule has 5 unspecified atom stereocenters. The van der Waals surface area contributed by atoms with Crippen LogP contribution in [0.15, 0.2) is 0 Å². The summed E-state index contributed by atoms with van der Waals surface area (Å²) in [5.74, 6) is 1.70. The monoisotopic (exact) mass is 310 g/mol. The molecule has 3 heteroatoms. The Balaban J connectivity index is 1.82. The molecule has 4 saturated carbocycles. The standard InChI is InChI=1S/C19H34O3/c1-12(2)7-15(20)22-17(5,6)19-10-13-8-14(19)9-18(13,11-19)16(3,4)21/h12-15,20-21H,7-11H2,1-6H3. The molecule has 0 spiro atoms. The largest absolute Gasteiger partial charge is 0.390 e. The number of aliphatic hydroxyl groups excluding tert-OH is 1. The molecule has 0 aromatic carbocycles. The highest BCUT2D eigenvalue weighted by atomic mass is 16.6. The quantitative estimate of drug-likeness (QED) is 0.735. The molecule has 5 atom stereocenters. The fourth-order valence-corrected chi connectivity index (χ4v) is 6.39. The zero-order chi connectivity index (χ0) is 16.6. The van der Waals surface area contributed by atoms with Gasteiger partial charge in [0.25, 0.3) is 0 Å². The number of aliphatic hydroxyl groups is 2. The molecule has 0 aromatic rings. The Morgan fingerprint density at radius 2 is 1.64 bits per heavy atom. The van der Waals surface area contributed by atoms with Crippen molar-refractivity contribution in [2.45, 2.75) is 91.1 Å². The van der Waals surface area contributed by atoms with E-state index in [0.29, 0.717) is 24.2 Å². The van der Waals surface area contributed by atoms with E-state index in [1.165, 1.54) is 6.42 Å². The first-order valence-corrected chi connectivity index (χ1v) is 9.02. The summed E-state index contributed by atoms with van der Waals surface area (Å²) in [5, 5.41) is 21.1. The van der Waals surface area contributed by atoms with Crippen molar-refractivity contribution < 1.29 is 14.9 Å². The molecule has 0 aliphatic heterocycles. The molecule has 0 aromatic heterocycles. The maximum absolute atomic E-state index is 10.8. The van der Waals surface area contributed by atoms with Crippen LogP contribution in [0.25, 0.3) is 0 Å². The van der Waals surface area contributed by atoms with Crippen molar-refractivity contribution in [2.24, 2.45) is 28.6 Å². The second-order valence-corrected chi connectivity index (χ2v) is 9.80. The minimum atomic E-state index is -0.681. The average molecular weight is 310 g/mol. The van der Waals surface area contributed by atoms with Gasteiger partial charge in [-0.2, -0.15) is 0 Å². The van der Waals surface area contributed by atoms with E-state index in [1.807, 2.05) is 13.8 Å². The van der Waals surface area contributed by atoms with Crippen molar-refractivity contribution in [2.75, 3.05) is 0 Å². The third-order valence-electron chi connectivity index (χ3n) is 7.51. The molecular weight excluding hydrogens is 276 g/mol.